The number of nitrogens with one attached hydrogen (secondary N) is 2. The van der Waals surface area contributed by atoms with E-state index in [1.165, 1.54) is 4.90 Å². The third-order valence-corrected chi connectivity index (χ3v) is 2.73. The van der Waals surface area contributed by atoms with Gasteiger partial charge in [-0.1, -0.05) is 29.3 Å². The minimum absolute atomic E-state index is 0.225. The smallest absolute Gasteiger partial charge is 0.254 e. The van der Waals surface area contributed by atoms with Crippen LogP contribution in [0.3, 0.4) is 0 Å². The van der Waals surface area contributed by atoms with E-state index in [9.17, 15) is 4.79 Å². The highest BCUT2D eigenvalue weighted by Gasteiger charge is 2.13. The molecule has 0 heterocycles. The molecule has 1 rings (SSSR count). The average Bonchev–Trinajstić information content (AvgIpc) is 2.16. The third-order valence-electron chi connectivity index (χ3n) is 2.10. The molecule has 0 spiro atoms. The van der Waals surface area contributed by atoms with Gasteiger partial charge >= 0.3 is 0 Å². The first-order valence-electron chi connectivity index (χ1n) is 5.03. The Kier molecular flexibility index (Phi) is 5.06. The Morgan fingerprint density at radius 2 is 1.88 bits per heavy atom. The Labute approximate surface area is 105 Å². The second-order valence-corrected chi connectivity index (χ2v) is 4.62. The van der Waals surface area contributed by atoms with Crippen molar-refractivity contribution in [1.29, 1.82) is 0 Å². The molecule has 0 saturated heterocycles. The summed E-state index contributed by atoms with van der Waals surface area (Å²) in [4.78, 5) is 13.0. The van der Waals surface area contributed by atoms with Gasteiger partial charge in [0.2, 0.25) is 0 Å². The predicted octanol–water partition coefficient (Wildman–Crippen LogP) is 0.868. The summed E-state index contributed by atoms with van der Waals surface area (Å²) >= 11 is 11.8. The van der Waals surface area contributed by atoms with E-state index in [-0.39, 0.29) is 5.91 Å². The van der Waals surface area contributed by atoms with Crippen LogP contribution in [-0.2, 0) is 0 Å². The van der Waals surface area contributed by atoms with Crippen molar-refractivity contribution >= 4 is 29.1 Å². The van der Waals surface area contributed by atoms with Crippen LogP contribution in [0.25, 0.3) is 0 Å². The average molecular weight is 262 g/mol. The summed E-state index contributed by atoms with van der Waals surface area (Å²) in [6.45, 7) is 1.45. The number of carbonyl (C=O) groups is 1. The zero-order chi connectivity index (χ0) is 12.1. The van der Waals surface area contributed by atoms with Gasteiger partial charge in [-0.25, -0.2) is 0 Å². The van der Waals surface area contributed by atoms with Crippen LogP contribution in [-0.4, -0.2) is 33.1 Å². The monoisotopic (exact) mass is 261 g/mol. The van der Waals surface area contributed by atoms with E-state index in [4.69, 9.17) is 23.2 Å². The fraction of sp³-hybridized carbons (Fsp3) is 0.364. The Hall–Kier alpha value is -0.770. The number of likely N-dealkylation sites (N-methyl/N-ethyl adjacent to an activating group) is 1. The van der Waals surface area contributed by atoms with E-state index < -0.39 is 0 Å². The number of hydrogen-bond acceptors (Lipinski definition) is 1. The highest BCUT2D eigenvalue weighted by molar-refractivity contribution is 6.39. The summed E-state index contributed by atoms with van der Waals surface area (Å²) in [6.07, 6.45) is 0. The number of quaternary nitrogens is 1. The van der Waals surface area contributed by atoms with Gasteiger partial charge in [0.05, 0.1) is 42.8 Å². The quantitative estimate of drug-likeness (QED) is 0.829. The standard InChI is InChI=1S/C11H14Cl2N2O/c1-15(2)7-6-14-11(16)10-8(12)4-3-5-9(10)13/h3-5H,6-7H2,1-2H3,(H,14,16)/p+1. The number of amides is 1. The van der Waals surface area contributed by atoms with Crippen LogP contribution >= 0.6 is 23.2 Å². The Bertz CT molecular complexity index is 360. The van der Waals surface area contributed by atoms with Crippen molar-refractivity contribution < 1.29 is 9.69 Å². The van der Waals surface area contributed by atoms with E-state index in [0.717, 1.165) is 6.54 Å². The number of rotatable bonds is 4. The zero-order valence-electron chi connectivity index (χ0n) is 9.31. The van der Waals surface area contributed by atoms with Gasteiger partial charge in [-0.15, -0.1) is 0 Å². The maximum atomic E-state index is 11.8. The molecule has 0 atom stereocenters. The lowest BCUT2D eigenvalue weighted by molar-refractivity contribution is -0.856. The minimum Gasteiger partial charge on any atom is -0.346 e. The molecule has 0 aromatic heterocycles. The van der Waals surface area contributed by atoms with Gasteiger partial charge in [0.15, 0.2) is 0 Å². The zero-order valence-corrected chi connectivity index (χ0v) is 10.8. The lowest BCUT2D eigenvalue weighted by atomic mass is 10.2. The van der Waals surface area contributed by atoms with Crippen LogP contribution in [0.1, 0.15) is 10.4 Å². The molecule has 0 bridgehead atoms. The van der Waals surface area contributed by atoms with Crippen molar-refractivity contribution in [3.05, 3.63) is 33.8 Å². The van der Waals surface area contributed by atoms with Crippen LogP contribution in [0.2, 0.25) is 10.0 Å². The molecule has 16 heavy (non-hydrogen) atoms. The second kappa shape index (κ2) is 6.09. The number of carbonyl (C=O) groups excluding carboxylic acids is 1. The summed E-state index contributed by atoms with van der Waals surface area (Å²) in [5, 5.41) is 3.54. The highest BCUT2D eigenvalue weighted by atomic mass is 35.5. The fourth-order valence-electron chi connectivity index (χ4n) is 1.23. The second-order valence-electron chi connectivity index (χ2n) is 3.81. The minimum atomic E-state index is -0.225. The number of halogens is 2. The van der Waals surface area contributed by atoms with Crippen LogP contribution in [0.5, 0.6) is 0 Å². The molecule has 0 aliphatic rings. The van der Waals surface area contributed by atoms with E-state index in [1.54, 1.807) is 18.2 Å². The molecular formula is C11H15Cl2N2O+. The van der Waals surface area contributed by atoms with Crippen molar-refractivity contribution in [3.63, 3.8) is 0 Å². The lowest BCUT2D eigenvalue weighted by Gasteiger charge is -2.10. The molecule has 0 saturated carbocycles. The molecule has 88 valence electrons. The van der Waals surface area contributed by atoms with Crippen LogP contribution < -0.4 is 10.2 Å². The molecule has 1 aromatic rings. The first-order chi connectivity index (χ1) is 7.52. The molecule has 0 aliphatic carbocycles. The van der Waals surface area contributed by atoms with Gasteiger partial charge in [0.1, 0.15) is 0 Å². The van der Waals surface area contributed by atoms with Gasteiger partial charge in [0, 0.05) is 0 Å². The van der Waals surface area contributed by atoms with E-state index in [1.807, 2.05) is 14.1 Å². The molecule has 3 nitrogen and oxygen atoms in total. The number of hydrogen-bond donors (Lipinski definition) is 2. The van der Waals surface area contributed by atoms with Crippen molar-refractivity contribution in [2.45, 2.75) is 0 Å². The summed E-state index contributed by atoms with van der Waals surface area (Å²) in [6, 6.07) is 5.02. The highest BCUT2D eigenvalue weighted by Crippen LogP contribution is 2.23. The predicted molar refractivity (Wildman–Crippen MR) is 66.5 cm³/mol. The maximum absolute atomic E-state index is 11.8. The third kappa shape index (κ3) is 3.67. The van der Waals surface area contributed by atoms with Gasteiger partial charge < -0.3 is 10.2 Å². The normalized spacial score (nSPS) is 10.6. The molecular weight excluding hydrogens is 247 g/mol. The lowest BCUT2D eigenvalue weighted by Crippen LogP contribution is -3.06. The first kappa shape index (κ1) is 13.3. The maximum Gasteiger partial charge on any atom is 0.254 e. The van der Waals surface area contributed by atoms with Crippen LogP contribution in [0.4, 0.5) is 0 Å². The molecule has 0 aliphatic heterocycles. The van der Waals surface area contributed by atoms with Gasteiger partial charge in [-0.2, -0.15) is 0 Å². The summed E-state index contributed by atoms with van der Waals surface area (Å²) in [7, 11) is 4.04. The fourth-order valence-corrected chi connectivity index (χ4v) is 1.80. The first-order valence-corrected chi connectivity index (χ1v) is 5.79. The van der Waals surface area contributed by atoms with E-state index >= 15 is 0 Å². The van der Waals surface area contributed by atoms with Gasteiger partial charge in [0.25, 0.3) is 5.91 Å². The topological polar surface area (TPSA) is 33.5 Å². The van der Waals surface area contributed by atoms with Crippen molar-refractivity contribution in [1.82, 2.24) is 5.32 Å². The largest absolute Gasteiger partial charge is 0.346 e. The van der Waals surface area contributed by atoms with E-state index in [2.05, 4.69) is 5.32 Å². The molecule has 2 N–H and O–H groups in total. The van der Waals surface area contributed by atoms with Crippen molar-refractivity contribution in [2.24, 2.45) is 0 Å². The number of benzene rings is 1. The summed E-state index contributed by atoms with van der Waals surface area (Å²) in [5.74, 6) is -0.225. The Balaban J connectivity index is 2.66. The molecule has 5 heteroatoms. The molecule has 1 aromatic carbocycles. The van der Waals surface area contributed by atoms with Crippen molar-refractivity contribution in [3.8, 4) is 0 Å². The van der Waals surface area contributed by atoms with E-state index in [0.29, 0.717) is 22.2 Å². The Morgan fingerprint density at radius 1 is 1.31 bits per heavy atom. The van der Waals surface area contributed by atoms with Gasteiger partial charge in [-0.05, 0) is 12.1 Å². The molecule has 1 amide bonds. The van der Waals surface area contributed by atoms with Crippen LogP contribution in [0.15, 0.2) is 18.2 Å². The summed E-state index contributed by atoms with van der Waals surface area (Å²) < 4.78 is 0. The molecule has 0 unspecified atom stereocenters. The van der Waals surface area contributed by atoms with Gasteiger partial charge in [-0.3, -0.25) is 4.79 Å². The van der Waals surface area contributed by atoms with Crippen LogP contribution in [0, 0.1) is 0 Å². The molecule has 0 fully saturated rings. The SMILES string of the molecule is C[NH+](C)CCNC(=O)c1c(Cl)cccc1Cl. The Morgan fingerprint density at radius 3 is 2.38 bits per heavy atom. The molecule has 0 radical (unpaired) electrons. The summed E-state index contributed by atoms with van der Waals surface area (Å²) in [5.41, 5.74) is 0.347. The van der Waals surface area contributed by atoms with Crippen molar-refractivity contribution in [2.75, 3.05) is 27.2 Å².